The van der Waals surface area contributed by atoms with E-state index in [-0.39, 0.29) is 24.0 Å². The van der Waals surface area contributed by atoms with Crippen LogP contribution in [0, 0.1) is 0 Å². The number of benzene rings is 3. The van der Waals surface area contributed by atoms with Crippen molar-refractivity contribution in [1.29, 1.82) is 0 Å². The lowest BCUT2D eigenvalue weighted by Gasteiger charge is -2.28. The number of carbonyl (C=O) groups excluding carboxylic acids is 3. The van der Waals surface area contributed by atoms with Crippen LogP contribution >= 0.6 is 23.4 Å². The average molecular weight is 523 g/mol. The van der Waals surface area contributed by atoms with Gasteiger partial charge in [0.25, 0.3) is 11.1 Å². The molecule has 0 aliphatic carbocycles. The topological polar surface area (TPSA) is 76.2 Å². The lowest BCUT2D eigenvalue weighted by Crippen LogP contribution is -2.46. The molecule has 3 amide bonds. The second kappa shape index (κ2) is 10.7. The minimum atomic E-state index is -0.489. The highest BCUT2D eigenvalue weighted by atomic mass is 35.5. The fourth-order valence-electron chi connectivity index (χ4n) is 4.14. The minimum Gasteiger partial charge on any atom is -0.488 e. The fourth-order valence-corrected chi connectivity index (χ4v) is 5.15. The summed E-state index contributed by atoms with van der Waals surface area (Å²) in [6.45, 7) is 1.76. The maximum atomic E-state index is 13.2. The molecule has 0 saturated carbocycles. The standard InChI is InChI=1S/C27H23ClN2O5S/c28-22-8-4-2-6-19(22)17-35-23-10-9-18-5-1-3-7-20(18)21(23)15-24-26(32)30(27(33)36-24)16-25(31)29-11-13-34-14-12-29/h1-10,15H,11-14,16-17H2/b24-15-. The Hall–Kier alpha value is -3.33. The third-order valence-electron chi connectivity index (χ3n) is 6.08. The van der Waals surface area contributed by atoms with Crippen LogP contribution in [0.5, 0.6) is 5.75 Å². The van der Waals surface area contributed by atoms with Gasteiger partial charge in [-0.25, -0.2) is 0 Å². The lowest BCUT2D eigenvalue weighted by atomic mass is 10.0. The van der Waals surface area contributed by atoms with Gasteiger partial charge in [0.1, 0.15) is 18.9 Å². The van der Waals surface area contributed by atoms with E-state index in [1.54, 1.807) is 17.0 Å². The van der Waals surface area contributed by atoms with Crippen LogP contribution in [0.1, 0.15) is 11.1 Å². The highest BCUT2D eigenvalue weighted by molar-refractivity contribution is 8.18. The van der Waals surface area contributed by atoms with Crippen LogP contribution in [-0.2, 0) is 20.9 Å². The van der Waals surface area contributed by atoms with Gasteiger partial charge in [-0.05, 0) is 40.7 Å². The molecule has 2 heterocycles. The molecule has 0 aromatic heterocycles. The van der Waals surface area contributed by atoms with E-state index in [4.69, 9.17) is 21.1 Å². The third kappa shape index (κ3) is 5.11. The second-order valence-electron chi connectivity index (χ2n) is 8.34. The van der Waals surface area contributed by atoms with Crippen molar-refractivity contribution < 1.29 is 23.9 Å². The van der Waals surface area contributed by atoms with Crippen LogP contribution in [0.25, 0.3) is 16.8 Å². The molecule has 0 unspecified atom stereocenters. The molecule has 7 nitrogen and oxygen atoms in total. The van der Waals surface area contributed by atoms with Crippen molar-refractivity contribution >= 4 is 57.3 Å². The third-order valence-corrected chi connectivity index (χ3v) is 7.35. The zero-order valence-corrected chi connectivity index (χ0v) is 20.9. The summed E-state index contributed by atoms with van der Waals surface area (Å²) in [6, 6.07) is 19.0. The van der Waals surface area contributed by atoms with Crippen molar-refractivity contribution in [3.8, 4) is 5.75 Å². The summed E-state index contributed by atoms with van der Waals surface area (Å²) in [6.07, 6.45) is 1.67. The van der Waals surface area contributed by atoms with E-state index in [1.165, 1.54) is 0 Å². The molecular weight excluding hydrogens is 500 g/mol. The first kappa shape index (κ1) is 24.4. The van der Waals surface area contributed by atoms with E-state index < -0.39 is 11.1 Å². The van der Waals surface area contributed by atoms with Gasteiger partial charge < -0.3 is 14.4 Å². The molecule has 2 saturated heterocycles. The maximum Gasteiger partial charge on any atom is 0.294 e. The molecule has 36 heavy (non-hydrogen) atoms. The first-order valence-electron chi connectivity index (χ1n) is 11.5. The molecule has 2 aliphatic heterocycles. The average Bonchev–Trinajstić information content (AvgIpc) is 3.16. The Morgan fingerprint density at radius 1 is 1.03 bits per heavy atom. The molecule has 9 heteroatoms. The van der Waals surface area contributed by atoms with Crippen LogP contribution in [-0.4, -0.2) is 59.7 Å². The number of morpholine rings is 1. The number of hydrogen-bond acceptors (Lipinski definition) is 6. The Morgan fingerprint density at radius 3 is 2.58 bits per heavy atom. The van der Waals surface area contributed by atoms with Crippen LogP contribution in [0.2, 0.25) is 5.02 Å². The second-order valence-corrected chi connectivity index (χ2v) is 9.74. The van der Waals surface area contributed by atoms with Crippen molar-refractivity contribution in [2.75, 3.05) is 32.8 Å². The number of hydrogen-bond donors (Lipinski definition) is 0. The summed E-state index contributed by atoms with van der Waals surface area (Å²) in [5, 5.41) is 1.98. The van der Waals surface area contributed by atoms with E-state index in [1.807, 2.05) is 54.6 Å². The molecule has 3 aromatic rings. The largest absolute Gasteiger partial charge is 0.488 e. The number of rotatable bonds is 6. The summed E-state index contributed by atoms with van der Waals surface area (Å²) in [5.41, 5.74) is 1.52. The minimum absolute atomic E-state index is 0.244. The van der Waals surface area contributed by atoms with Crippen molar-refractivity contribution in [2.24, 2.45) is 0 Å². The van der Waals surface area contributed by atoms with E-state index in [0.717, 1.165) is 33.0 Å². The van der Waals surface area contributed by atoms with E-state index in [0.29, 0.717) is 42.6 Å². The number of carbonyl (C=O) groups is 3. The number of thioether (sulfide) groups is 1. The molecule has 0 bridgehead atoms. The summed E-state index contributed by atoms with van der Waals surface area (Å²) in [7, 11) is 0. The normalized spacial score (nSPS) is 17.3. The highest BCUT2D eigenvalue weighted by Crippen LogP contribution is 2.37. The van der Waals surface area contributed by atoms with Gasteiger partial charge in [-0.15, -0.1) is 0 Å². The van der Waals surface area contributed by atoms with Gasteiger partial charge >= 0.3 is 0 Å². The van der Waals surface area contributed by atoms with E-state index >= 15 is 0 Å². The van der Waals surface area contributed by atoms with Gasteiger partial charge in [-0.2, -0.15) is 0 Å². The molecule has 2 aliphatic rings. The molecule has 184 valence electrons. The summed E-state index contributed by atoms with van der Waals surface area (Å²) >= 11 is 7.12. The van der Waals surface area contributed by atoms with Gasteiger partial charge in [-0.1, -0.05) is 60.1 Å². The molecule has 0 radical (unpaired) electrons. The van der Waals surface area contributed by atoms with Gasteiger partial charge in [0.05, 0.1) is 18.1 Å². The molecule has 2 fully saturated rings. The van der Waals surface area contributed by atoms with Crippen LogP contribution in [0.3, 0.4) is 0 Å². The zero-order chi connectivity index (χ0) is 25.1. The van der Waals surface area contributed by atoms with Gasteiger partial charge in [0.15, 0.2) is 0 Å². The van der Waals surface area contributed by atoms with Crippen LogP contribution in [0.15, 0.2) is 65.6 Å². The Kier molecular flexibility index (Phi) is 7.27. The molecular formula is C27H23ClN2O5S. The summed E-state index contributed by atoms with van der Waals surface area (Å²) in [5.74, 6) is -0.197. The summed E-state index contributed by atoms with van der Waals surface area (Å²) < 4.78 is 11.4. The molecule has 0 N–H and O–H groups in total. The Balaban J connectivity index is 1.43. The van der Waals surface area contributed by atoms with Crippen LogP contribution < -0.4 is 4.74 Å². The van der Waals surface area contributed by atoms with Crippen molar-refractivity contribution in [2.45, 2.75) is 6.61 Å². The molecule has 3 aromatic carbocycles. The number of ether oxygens (including phenoxy) is 2. The first-order chi connectivity index (χ1) is 17.5. The number of nitrogens with zero attached hydrogens (tertiary/aromatic N) is 2. The Labute approximate surface area is 217 Å². The maximum absolute atomic E-state index is 13.2. The number of amides is 3. The first-order valence-corrected chi connectivity index (χ1v) is 12.7. The fraction of sp³-hybridized carbons (Fsp3) is 0.222. The van der Waals surface area contributed by atoms with E-state index in [9.17, 15) is 14.4 Å². The number of halogens is 1. The Morgan fingerprint density at radius 2 is 1.78 bits per heavy atom. The van der Waals surface area contributed by atoms with Crippen molar-refractivity contribution in [3.05, 3.63) is 81.7 Å². The monoisotopic (exact) mass is 522 g/mol. The van der Waals surface area contributed by atoms with Gasteiger partial charge in [-0.3, -0.25) is 19.3 Å². The zero-order valence-electron chi connectivity index (χ0n) is 19.3. The van der Waals surface area contributed by atoms with Crippen LogP contribution in [0.4, 0.5) is 4.79 Å². The number of imide groups is 1. The molecule has 5 rings (SSSR count). The predicted molar refractivity (Wildman–Crippen MR) is 140 cm³/mol. The predicted octanol–water partition coefficient (Wildman–Crippen LogP) is 4.97. The Bertz CT molecular complexity index is 1370. The summed E-state index contributed by atoms with van der Waals surface area (Å²) in [4.78, 5) is 41.4. The SMILES string of the molecule is O=C(CN1C(=O)S/C(=C\c2c(OCc3ccccc3Cl)ccc3ccccc23)C1=O)N1CCOCC1. The molecule has 0 spiro atoms. The smallest absolute Gasteiger partial charge is 0.294 e. The lowest BCUT2D eigenvalue weighted by molar-refractivity contribution is -0.139. The van der Waals surface area contributed by atoms with Crippen molar-refractivity contribution in [3.63, 3.8) is 0 Å². The van der Waals surface area contributed by atoms with Gasteiger partial charge in [0, 0.05) is 29.2 Å². The quantitative estimate of drug-likeness (QED) is 0.426. The number of fused-ring (bicyclic) bond motifs is 1. The van der Waals surface area contributed by atoms with E-state index in [2.05, 4.69) is 0 Å². The molecule has 0 atom stereocenters. The van der Waals surface area contributed by atoms with Gasteiger partial charge in [0.2, 0.25) is 5.91 Å². The van der Waals surface area contributed by atoms with Crippen molar-refractivity contribution in [1.82, 2.24) is 9.80 Å². The highest BCUT2D eigenvalue weighted by Gasteiger charge is 2.37.